The SMILES string of the molecule is CN(CCNC1CC1)CCOc1ccccc1. The molecule has 0 saturated heterocycles. The zero-order valence-corrected chi connectivity index (χ0v) is 10.6. The number of ether oxygens (including phenoxy) is 1. The van der Waals surface area contributed by atoms with Gasteiger partial charge in [-0.2, -0.15) is 0 Å². The smallest absolute Gasteiger partial charge is 0.119 e. The molecule has 1 N–H and O–H groups in total. The molecule has 0 amide bonds. The molecule has 0 heterocycles. The minimum absolute atomic E-state index is 0.754. The van der Waals surface area contributed by atoms with E-state index in [1.807, 2.05) is 30.3 Å². The molecule has 0 aromatic heterocycles. The summed E-state index contributed by atoms with van der Waals surface area (Å²) >= 11 is 0. The summed E-state index contributed by atoms with van der Waals surface area (Å²) in [6.07, 6.45) is 2.72. The molecule has 0 aliphatic heterocycles. The molecular formula is C14H22N2O. The molecule has 0 radical (unpaired) electrons. The Morgan fingerprint density at radius 2 is 2.00 bits per heavy atom. The highest BCUT2D eigenvalue weighted by Gasteiger charge is 2.19. The summed E-state index contributed by atoms with van der Waals surface area (Å²) in [6, 6.07) is 10.8. The number of para-hydroxylation sites is 1. The van der Waals surface area contributed by atoms with Crippen LogP contribution >= 0.6 is 0 Å². The van der Waals surface area contributed by atoms with Gasteiger partial charge in [-0.05, 0) is 32.0 Å². The van der Waals surface area contributed by atoms with Crippen LogP contribution in [-0.2, 0) is 0 Å². The monoisotopic (exact) mass is 234 g/mol. The first-order chi connectivity index (χ1) is 8.34. The van der Waals surface area contributed by atoms with Gasteiger partial charge in [-0.1, -0.05) is 18.2 Å². The minimum atomic E-state index is 0.754. The summed E-state index contributed by atoms with van der Waals surface area (Å²) in [7, 11) is 2.14. The fourth-order valence-electron chi connectivity index (χ4n) is 1.69. The van der Waals surface area contributed by atoms with Crippen molar-refractivity contribution in [1.82, 2.24) is 10.2 Å². The average Bonchev–Trinajstić information content (AvgIpc) is 3.14. The van der Waals surface area contributed by atoms with Gasteiger partial charge in [-0.3, -0.25) is 0 Å². The van der Waals surface area contributed by atoms with E-state index < -0.39 is 0 Å². The Morgan fingerprint density at radius 3 is 2.71 bits per heavy atom. The normalized spacial score (nSPS) is 15.2. The molecule has 94 valence electrons. The van der Waals surface area contributed by atoms with E-state index in [2.05, 4.69) is 17.3 Å². The second-order valence-corrected chi connectivity index (χ2v) is 4.69. The molecular weight excluding hydrogens is 212 g/mol. The van der Waals surface area contributed by atoms with E-state index in [0.29, 0.717) is 0 Å². The quantitative estimate of drug-likeness (QED) is 0.741. The lowest BCUT2D eigenvalue weighted by molar-refractivity contribution is 0.237. The maximum Gasteiger partial charge on any atom is 0.119 e. The lowest BCUT2D eigenvalue weighted by Crippen LogP contribution is -2.32. The van der Waals surface area contributed by atoms with Crippen molar-refractivity contribution < 1.29 is 4.74 Å². The van der Waals surface area contributed by atoms with Gasteiger partial charge >= 0.3 is 0 Å². The van der Waals surface area contributed by atoms with Crippen molar-refractivity contribution in [1.29, 1.82) is 0 Å². The predicted molar refractivity (Wildman–Crippen MR) is 70.5 cm³/mol. The fourth-order valence-corrected chi connectivity index (χ4v) is 1.69. The van der Waals surface area contributed by atoms with Gasteiger partial charge in [0.15, 0.2) is 0 Å². The van der Waals surface area contributed by atoms with E-state index in [1.54, 1.807) is 0 Å². The van der Waals surface area contributed by atoms with Crippen LogP contribution in [0.1, 0.15) is 12.8 Å². The molecule has 3 heteroatoms. The maximum absolute atomic E-state index is 5.65. The third kappa shape index (κ3) is 5.20. The van der Waals surface area contributed by atoms with Crippen LogP contribution in [0.3, 0.4) is 0 Å². The summed E-state index contributed by atoms with van der Waals surface area (Å²) in [5.41, 5.74) is 0. The van der Waals surface area contributed by atoms with Gasteiger partial charge in [0.1, 0.15) is 12.4 Å². The Bertz CT molecular complexity index is 311. The van der Waals surface area contributed by atoms with Crippen molar-refractivity contribution in [2.75, 3.05) is 33.3 Å². The molecule has 0 atom stereocenters. The van der Waals surface area contributed by atoms with E-state index in [1.165, 1.54) is 12.8 Å². The maximum atomic E-state index is 5.65. The molecule has 0 spiro atoms. The van der Waals surface area contributed by atoms with Crippen LogP contribution in [0.25, 0.3) is 0 Å². The van der Waals surface area contributed by atoms with Gasteiger partial charge < -0.3 is 15.0 Å². The summed E-state index contributed by atoms with van der Waals surface area (Å²) < 4.78 is 5.65. The highest BCUT2D eigenvalue weighted by atomic mass is 16.5. The minimum Gasteiger partial charge on any atom is -0.492 e. The summed E-state index contributed by atoms with van der Waals surface area (Å²) in [5, 5.41) is 3.51. The van der Waals surface area contributed by atoms with Crippen molar-refractivity contribution in [2.45, 2.75) is 18.9 Å². The van der Waals surface area contributed by atoms with Crippen molar-refractivity contribution in [2.24, 2.45) is 0 Å². The van der Waals surface area contributed by atoms with E-state index >= 15 is 0 Å². The topological polar surface area (TPSA) is 24.5 Å². The standard InChI is InChI=1S/C14H22N2O/c1-16(10-9-15-13-7-8-13)11-12-17-14-5-3-2-4-6-14/h2-6,13,15H,7-12H2,1H3. The van der Waals surface area contributed by atoms with E-state index in [4.69, 9.17) is 4.74 Å². The molecule has 0 unspecified atom stereocenters. The summed E-state index contributed by atoms with van der Waals surface area (Å²) in [4.78, 5) is 2.30. The molecule has 1 aromatic carbocycles. The largest absolute Gasteiger partial charge is 0.492 e. The molecule has 1 aliphatic rings. The molecule has 0 bridgehead atoms. The predicted octanol–water partition coefficient (Wildman–Crippen LogP) is 1.75. The van der Waals surface area contributed by atoms with Gasteiger partial charge in [0.05, 0.1) is 0 Å². The van der Waals surface area contributed by atoms with Crippen LogP contribution < -0.4 is 10.1 Å². The first-order valence-corrected chi connectivity index (χ1v) is 6.44. The van der Waals surface area contributed by atoms with Crippen molar-refractivity contribution in [3.63, 3.8) is 0 Å². The number of likely N-dealkylation sites (N-methyl/N-ethyl adjacent to an activating group) is 1. The van der Waals surface area contributed by atoms with Crippen LogP contribution in [-0.4, -0.2) is 44.2 Å². The Labute approximate surface area is 104 Å². The van der Waals surface area contributed by atoms with E-state index in [9.17, 15) is 0 Å². The zero-order valence-electron chi connectivity index (χ0n) is 10.6. The number of hydrogen-bond donors (Lipinski definition) is 1. The van der Waals surface area contributed by atoms with Crippen LogP contribution in [0.5, 0.6) is 5.75 Å². The van der Waals surface area contributed by atoms with Crippen LogP contribution in [0.4, 0.5) is 0 Å². The number of benzene rings is 1. The van der Waals surface area contributed by atoms with Gasteiger partial charge in [0, 0.05) is 25.7 Å². The van der Waals surface area contributed by atoms with E-state index in [0.717, 1.165) is 38.0 Å². The van der Waals surface area contributed by atoms with Gasteiger partial charge in [-0.15, -0.1) is 0 Å². The molecule has 2 rings (SSSR count). The molecule has 1 aliphatic carbocycles. The fraction of sp³-hybridized carbons (Fsp3) is 0.571. The number of nitrogens with zero attached hydrogens (tertiary/aromatic N) is 1. The second-order valence-electron chi connectivity index (χ2n) is 4.69. The lowest BCUT2D eigenvalue weighted by Gasteiger charge is -2.17. The summed E-state index contributed by atoms with van der Waals surface area (Å²) in [5.74, 6) is 0.956. The first-order valence-electron chi connectivity index (χ1n) is 6.44. The molecule has 1 aromatic rings. The second kappa shape index (κ2) is 6.62. The molecule has 1 saturated carbocycles. The molecule has 3 nitrogen and oxygen atoms in total. The third-order valence-electron chi connectivity index (χ3n) is 2.99. The van der Waals surface area contributed by atoms with Crippen molar-refractivity contribution in [3.8, 4) is 5.75 Å². The van der Waals surface area contributed by atoms with Crippen LogP contribution in [0, 0.1) is 0 Å². The number of hydrogen-bond acceptors (Lipinski definition) is 3. The zero-order chi connectivity index (χ0) is 11.9. The van der Waals surface area contributed by atoms with Crippen LogP contribution in [0.2, 0.25) is 0 Å². The Morgan fingerprint density at radius 1 is 1.24 bits per heavy atom. The Hall–Kier alpha value is -1.06. The first kappa shape index (κ1) is 12.4. The lowest BCUT2D eigenvalue weighted by atomic mass is 10.3. The number of rotatable bonds is 8. The van der Waals surface area contributed by atoms with Gasteiger partial charge in [0.25, 0.3) is 0 Å². The highest BCUT2D eigenvalue weighted by molar-refractivity contribution is 5.20. The van der Waals surface area contributed by atoms with Gasteiger partial charge in [-0.25, -0.2) is 0 Å². The highest BCUT2D eigenvalue weighted by Crippen LogP contribution is 2.17. The van der Waals surface area contributed by atoms with Crippen molar-refractivity contribution in [3.05, 3.63) is 30.3 Å². The molecule has 17 heavy (non-hydrogen) atoms. The van der Waals surface area contributed by atoms with E-state index in [-0.39, 0.29) is 0 Å². The average molecular weight is 234 g/mol. The third-order valence-corrected chi connectivity index (χ3v) is 2.99. The summed E-state index contributed by atoms with van der Waals surface area (Å²) in [6.45, 7) is 3.91. The van der Waals surface area contributed by atoms with Crippen molar-refractivity contribution >= 4 is 0 Å². The van der Waals surface area contributed by atoms with Crippen LogP contribution in [0.15, 0.2) is 30.3 Å². The molecule has 1 fully saturated rings. The van der Waals surface area contributed by atoms with Gasteiger partial charge in [0.2, 0.25) is 0 Å². The Kier molecular flexibility index (Phi) is 4.83. The Balaban J connectivity index is 1.51. The number of nitrogens with one attached hydrogen (secondary N) is 1.